The Labute approximate surface area is 151 Å². The number of anilines is 2. The van der Waals surface area contributed by atoms with Crippen LogP contribution in [0.25, 0.3) is 0 Å². The van der Waals surface area contributed by atoms with Crippen LogP contribution in [0, 0.1) is 18.2 Å². The zero-order valence-corrected chi connectivity index (χ0v) is 14.3. The first-order valence-electron chi connectivity index (χ1n) is 9.11. The summed E-state index contributed by atoms with van der Waals surface area (Å²) in [6.07, 6.45) is 12.4. The molecule has 3 unspecified atom stereocenters. The van der Waals surface area contributed by atoms with Gasteiger partial charge in [0.05, 0.1) is 16.9 Å². The number of carboxylic acid groups (broad SMARTS) is 1. The molecular formula is C20H20FN3O2. The first-order valence-corrected chi connectivity index (χ1v) is 9.11. The smallest absolute Gasteiger partial charge is 0.315 e. The van der Waals surface area contributed by atoms with Gasteiger partial charge in [0.1, 0.15) is 11.7 Å². The van der Waals surface area contributed by atoms with Crippen LogP contribution in [0.1, 0.15) is 36.3 Å². The van der Waals surface area contributed by atoms with E-state index in [-0.39, 0.29) is 6.04 Å². The van der Waals surface area contributed by atoms with Crippen molar-refractivity contribution in [1.82, 2.24) is 5.32 Å². The third-order valence-electron chi connectivity index (χ3n) is 5.98. The first kappa shape index (κ1) is 15.7. The number of hydrogen-bond donors (Lipinski definition) is 2. The number of halogens is 1. The van der Waals surface area contributed by atoms with Gasteiger partial charge in [-0.2, -0.15) is 0 Å². The maximum Gasteiger partial charge on any atom is 0.315 e. The molecule has 1 aromatic carbocycles. The molecule has 134 valence electrons. The molecule has 3 heterocycles. The number of nitrogens with one attached hydrogen (secondary N) is 1. The monoisotopic (exact) mass is 353 g/mol. The lowest BCUT2D eigenvalue weighted by Crippen LogP contribution is -2.44. The van der Waals surface area contributed by atoms with Crippen LogP contribution in [-0.4, -0.2) is 42.3 Å². The van der Waals surface area contributed by atoms with Crippen molar-refractivity contribution >= 4 is 17.3 Å². The van der Waals surface area contributed by atoms with E-state index in [0.717, 1.165) is 32.4 Å². The topological polar surface area (TPSA) is 55.8 Å². The van der Waals surface area contributed by atoms with Gasteiger partial charge in [-0.1, -0.05) is 5.92 Å². The Hall–Kier alpha value is -2.52. The van der Waals surface area contributed by atoms with E-state index in [1.165, 1.54) is 6.07 Å². The molecule has 2 N–H and O–H groups in total. The number of carbonyl (C=O) groups is 1. The number of benzene rings is 1. The number of carboxylic acids is 1. The number of hydrogen-bond acceptors (Lipinski definition) is 4. The van der Waals surface area contributed by atoms with Crippen molar-refractivity contribution in [1.29, 1.82) is 0 Å². The van der Waals surface area contributed by atoms with Crippen LogP contribution in [0.5, 0.6) is 0 Å². The summed E-state index contributed by atoms with van der Waals surface area (Å²) in [4.78, 5) is 15.8. The zero-order valence-electron chi connectivity index (χ0n) is 14.3. The van der Waals surface area contributed by atoms with Gasteiger partial charge in [-0.3, -0.25) is 4.79 Å². The van der Waals surface area contributed by atoms with Gasteiger partial charge in [-0.25, -0.2) is 4.39 Å². The van der Waals surface area contributed by atoms with Gasteiger partial charge in [0.2, 0.25) is 0 Å². The lowest BCUT2D eigenvalue weighted by Gasteiger charge is -2.36. The van der Waals surface area contributed by atoms with Crippen molar-refractivity contribution in [3.8, 4) is 12.3 Å². The van der Waals surface area contributed by atoms with E-state index in [1.54, 1.807) is 6.08 Å². The number of fused-ring (bicyclic) bond motifs is 3. The molecule has 1 saturated carbocycles. The van der Waals surface area contributed by atoms with E-state index >= 15 is 4.39 Å². The predicted octanol–water partition coefficient (Wildman–Crippen LogP) is 2.02. The second-order valence-electron chi connectivity index (χ2n) is 7.61. The average Bonchev–Trinajstić information content (AvgIpc) is 3.25. The molecule has 3 atom stereocenters. The van der Waals surface area contributed by atoms with Gasteiger partial charge in [-0.05, 0) is 37.0 Å². The average molecular weight is 353 g/mol. The molecule has 2 saturated heterocycles. The third kappa shape index (κ3) is 2.17. The minimum atomic E-state index is -0.988. The predicted molar refractivity (Wildman–Crippen MR) is 96.9 cm³/mol. The van der Waals surface area contributed by atoms with E-state index in [4.69, 9.17) is 6.42 Å². The summed E-state index contributed by atoms with van der Waals surface area (Å²) >= 11 is 0. The fourth-order valence-electron chi connectivity index (χ4n) is 4.65. The quantitative estimate of drug-likeness (QED) is 0.815. The number of terminal acetylenes is 1. The Kier molecular flexibility index (Phi) is 3.32. The molecule has 3 fully saturated rings. The number of rotatable bonds is 3. The van der Waals surface area contributed by atoms with Crippen molar-refractivity contribution in [3.63, 3.8) is 0 Å². The molecule has 5 rings (SSSR count). The molecule has 6 heteroatoms. The van der Waals surface area contributed by atoms with Crippen molar-refractivity contribution in [2.75, 3.05) is 22.9 Å². The molecule has 1 aliphatic carbocycles. The highest BCUT2D eigenvalue weighted by Crippen LogP contribution is 2.47. The van der Waals surface area contributed by atoms with Crippen molar-refractivity contribution < 1.29 is 14.3 Å². The molecule has 0 amide bonds. The Balaban J connectivity index is 1.70. The van der Waals surface area contributed by atoms with E-state index in [2.05, 4.69) is 21.0 Å². The standard InChI is InChI=1S/C20H20FN3O2/c1-2-14-18-16(15(20(25)26)5-6-23(18)12-3-4-12)8-17(21)19(14)24-10-11-7-13(24)9-22-11/h1,5-6,8,11-13,15,22H,3-4,7,9-10H2,(H,25,26). The lowest BCUT2D eigenvalue weighted by molar-refractivity contribution is -0.137. The summed E-state index contributed by atoms with van der Waals surface area (Å²) in [6, 6.07) is 2.32. The minimum Gasteiger partial charge on any atom is -0.481 e. The Morgan fingerprint density at radius 1 is 1.35 bits per heavy atom. The van der Waals surface area contributed by atoms with E-state index in [0.29, 0.717) is 34.6 Å². The molecule has 2 bridgehead atoms. The van der Waals surface area contributed by atoms with Gasteiger partial charge in [0, 0.05) is 37.4 Å². The van der Waals surface area contributed by atoms with Crippen molar-refractivity contribution in [2.24, 2.45) is 0 Å². The fourth-order valence-corrected chi connectivity index (χ4v) is 4.65. The minimum absolute atomic E-state index is 0.239. The highest BCUT2D eigenvalue weighted by atomic mass is 19.1. The SMILES string of the molecule is C#Cc1c2c(cc(F)c1N1CC3CC1CN3)C(C(=O)O)C=CN2C1CC1. The lowest BCUT2D eigenvalue weighted by atomic mass is 9.90. The van der Waals surface area contributed by atoms with Crippen LogP contribution in [0.2, 0.25) is 0 Å². The first-order chi connectivity index (χ1) is 12.6. The summed E-state index contributed by atoms with van der Waals surface area (Å²) in [5, 5.41) is 13.0. The molecule has 4 aliphatic rings. The van der Waals surface area contributed by atoms with Gasteiger partial charge < -0.3 is 20.2 Å². The molecule has 3 aliphatic heterocycles. The molecule has 0 aromatic heterocycles. The molecule has 26 heavy (non-hydrogen) atoms. The fraction of sp³-hybridized carbons (Fsp3) is 0.450. The van der Waals surface area contributed by atoms with Crippen LogP contribution < -0.4 is 15.1 Å². The number of piperazine rings is 1. The second kappa shape index (κ2) is 5.49. The second-order valence-corrected chi connectivity index (χ2v) is 7.61. The third-order valence-corrected chi connectivity index (χ3v) is 5.98. The van der Waals surface area contributed by atoms with E-state index < -0.39 is 17.7 Å². The maximum atomic E-state index is 15.2. The summed E-state index contributed by atoms with van der Waals surface area (Å²) < 4.78 is 15.2. The number of nitrogens with zero attached hydrogens (tertiary/aromatic N) is 2. The Morgan fingerprint density at radius 2 is 2.15 bits per heavy atom. The van der Waals surface area contributed by atoms with E-state index in [1.807, 2.05) is 6.20 Å². The molecule has 5 nitrogen and oxygen atoms in total. The van der Waals surface area contributed by atoms with E-state index in [9.17, 15) is 9.90 Å². The highest BCUT2D eigenvalue weighted by Gasteiger charge is 2.42. The highest BCUT2D eigenvalue weighted by molar-refractivity contribution is 5.88. The van der Waals surface area contributed by atoms with Crippen LogP contribution in [0.15, 0.2) is 18.3 Å². The zero-order chi connectivity index (χ0) is 18.0. The summed E-state index contributed by atoms with van der Waals surface area (Å²) in [6.45, 7) is 1.56. The summed E-state index contributed by atoms with van der Waals surface area (Å²) in [5.74, 6) is 0.431. The van der Waals surface area contributed by atoms with Crippen LogP contribution in [-0.2, 0) is 4.79 Å². The number of aliphatic carboxylic acids is 1. The van der Waals surface area contributed by atoms with Crippen molar-refractivity contribution in [2.45, 2.75) is 43.3 Å². The van der Waals surface area contributed by atoms with Crippen molar-refractivity contribution in [3.05, 3.63) is 35.3 Å². The molecular weight excluding hydrogens is 333 g/mol. The summed E-state index contributed by atoms with van der Waals surface area (Å²) in [7, 11) is 0. The summed E-state index contributed by atoms with van der Waals surface area (Å²) in [5.41, 5.74) is 2.13. The maximum absolute atomic E-state index is 15.2. The van der Waals surface area contributed by atoms with Gasteiger partial charge >= 0.3 is 5.97 Å². The largest absolute Gasteiger partial charge is 0.481 e. The van der Waals surface area contributed by atoms with Crippen LogP contribution in [0.3, 0.4) is 0 Å². The molecule has 1 aromatic rings. The van der Waals surface area contributed by atoms with Gasteiger partial charge in [0.15, 0.2) is 0 Å². The van der Waals surface area contributed by atoms with Crippen LogP contribution in [0.4, 0.5) is 15.8 Å². The van der Waals surface area contributed by atoms with Crippen LogP contribution >= 0.6 is 0 Å². The Morgan fingerprint density at radius 3 is 2.73 bits per heavy atom. The normalized spacial score (nSPS) is 29.0. The van der Waals surface area contributed by atoms with Gasteiger partial charge in [-0.15, -0.1) is 6.42 Å². The molecule has 0 radical (unpaired) electrons. The Bertz CT molecular complexity index is 871. The van der Waals surface area contributed by atoms with Gasteiger partial charge in [0.25, 0.3) is 0 Å². The molecule has 0 spiro atoms.